The third-order valence-electron chi connectivity index (χ3n) is 3.75. The molecule has 2 aromatic rings. The van der Waals surface area contributed by atoms with E-state index in [1.807, 2.05) is 30.3 Å². The van der Waals surface area contributed by atoms with Crippen molar-refractivity contribution in [2.24, 2.45) is 0 Å². The van der Waals surface area contributed by atoms with E-state index in [1.165, 1.54) is 0 Å². The number of benzene rings is 2. The molecule has 116 valence electrons. The predicted molar refractivity (Wildman–Crippen MR) is 94.4 cm³/mol. The minimum absolute atomic E-state index is 0.102. The Morgan fingerprint density at radius 1 is 1.17 bits per heavy atom. The number of hydrogen-bond acceptors (Lipinski definition) is 3. The van der Waals surface area contributed by atoms with Crippen LogP contribution in [0.25, 0.3) is 0 Å². The van der Waals surface area contributed by atoms with Gasteiger partial charge in [0.1, 0.15) is 0 Å². The molecule has 0 bridgehead atoms. The number of ketones is 1. The molecule has 3 rings (SSSR count). The largest absolute Gasteiger partial charge is 0.305 e. The monoisotopic (exact) mass is 323 g/mol. The number of nitrogens with zero attached hydrogens (tertiary/aromatic N) is 1. The van der Waals surface area contributed by atoms with E-state index in [2.05, 4.69) is 6.58 Å². The highest BCUT2D eigenvalue weighted by Crippen LogP contribution is 2.34. The summed E-state index contributed by atoms with van der Waals surface area (Å²) in [5, 5.41) is 0. The summed E-state index contributed by atoms with van der Waals surface area (Å²) < 4.78 is 0. The molecule has 0 radical (unpaired) electrons. The van der Waals surface area contributed by atoms with Gasteiger partial charge in [-0.2, -0.15) is 0 Å². The van der Waals surface area contributed by atoms with Crippen LogP contribution >= 0.6 is 11.8 Å². The Balaban J connectivity index is 2.03. The molecule has 0 N–H and O–H groups in total. The van der Waals surface area contributed by atoms with Crippen LogP contribution in [-0.2, 0) is 0 Å². The average Bonchev–Trinajstić information content (AvgIpc) is 2.60. The fraction of sp³-hybridized carbons (Fsp3) is 0.158. The number of Topliss-reactive ketones (excluding diaryl/α,β-unsaturated/α-hetero) is 1. The summed E-state index contributed by atoms with van der Waals surface area (Å²) in [5.74, 6) is 0.738. The molecule has 0 aliphatic carbocycles. The van der Waals surface area contributed by atoms with Gasteiger partial charge in [0.05, 0.1) is 5.56 Å². The summed E-state index contributed by atoms with van der Waals surface area (Å²) in [7, 11) is 0. The zero-order chi connectivity index (χ0) is 16.2. The first-order valence-electron chi connectivity index (χ1n) is 7.49. The van der Waals surface area contributed by atoms with E-state index in [-0.39, 0.29) is 11.7 Å². The van der Waals surface area contributed by atoms with Crippen molar-refractivity contribution in [1.29, 1.82) is 0 Å². The molecule has 0 atom stereocenters. The van der Waals surface area contributed by atoms with Crippen molar-refractivity contribution in [2.45, 2.75) is 11.3 Å². The summed E-state index contributed by atoms with van der Waals surface area (Å²) in [6.07, 6.45) is 2.24. The lowest BCUT2D eigenvalue weighted by molar-refractivity contribution is 0.0982. The number of anilines is 1. The van der Waals surface area contributed by atoms with Gasteiger partial charge >= 0.3 is 0 Å². The second-order valence-electron chi connectivity index (χ2n) is 5.24. The second kappa shape index (κ2) is 6.84. The maximum absolute atomic E-state index is 13.1. The Kier molecular flexibility index (Phi) is 4.63. The molecule has 1 amide bonds. The first kappa shape index (κ1) is 15.6. The summed E-state index contributed by atoms with van der Waals surface area (Å²) in [5.41, 5.74) is 2.08. The summed E-state index contributed by atoms with van der Waals surface area (Å²) in [6.45, 7) is 4.17. The van der Waals surface area contributed by atoms with Crippen LogP contribution in [0.3, 0.4) is 0 Å². The molecule has 0 fully saturated rings. The third kappa shape index (κ3) is 3.08. The van der Waals surface area contributed by atoms with Gasteiger partial charge in [0.15, 0.2) is 5.78 Å². The fourth-order valence-electron chi connectivity index (χ4n) is 2.65. The zero-order valence-corrected chi connectivity index (χ0v) is 13.5. The lowest BCUT2D eigenvalue weighted by Crippen LogP contribution is -2.32. The van der Waals surface area contributed by atoms with Gasteiger partial charge in [0.2, 0.25) is 0 Å². The first-order chi connectivity index (χ1) is 11.2. The van der Waals surface area contributed by atoms with E-state index in [9.17, 15) is 9.59 Å². The number of amides is 1. The van der Waals surface area contributed by atoms with Crippen LogP contribution in [-0.4, -0.2) is 24.0 Å². The van der Waals surface area contributed by atoms with Gasteiger partial charge in [-0.1, -0.05) is 36.4 Å². The van der Waals surface area contributed by atoms with E-state index >= 15 is 0 Å². The van der Waals surface area contributed by atoms with Crippen LogP contribution in [0.1, 0.15) is 27.1 Å². The molecule has 0 aromatic heterocycles. The SMILES string of the molecule is C=CCN(C(=O)c1cccc2c1SCCC2=O)c1ccccc1. The molecule has 3 nitrogen and oxygen atoms in total. The zero-order valence-electron chi connectivity index (χ0n) is 12.7. The van der Waals surface area contributed by atoms with Gasteiger partial charge in [-0.05, 0) is 18.2 Å². The molecule has 1 heterocycles. The Hall–Kier alpha value is -2.33. The highest BCUT2D eigenvalue weighted by molar-refractivity contribution is 7.99. The van der Waals surface area contributed by atoms with Crippen molar-refractivity contribution < 1.29 is 9.59 Å². The number of rotatable bonds is 4. The van der Waals surface area contributed by atoms with E-state index in [1.54, 1.807) is 40.9 Å². The summed E-state index contributed by atoms with van der Waals surface area (Å²) >= 11 is 1.58. The average molecular weight is 323 g/mol. The molecule has 2 aromatic carbocycles. The molecule has 0 spiro atoms. The van der Waals surface area contributed by atoms with Crippen molar-refractivity contribution in [3.05, 3.63) is 72.3 Å². The van der Waals surface area contributed by atoms with E-state index < -0.39 is 0 Å². The van der Waals surface area contributed by atoms with E-state index in [0.29, 0.717) is 24.1 Å². The number of fused-ring (bicyclic) bond motifs is 1. The van der Waals surface area contributed by atoms with Gasteiger partial charge < -0.3 is 4.90 Å². The quantitative estimate of drug-likeness (QED) is 0.792. The Morgan fingerprint density at radius 3 is 2.70 bits per heavy atom. The van der Waals surface area contributed by atoms with Crippen LogP contribution in [0.5, 0.6) is 0 Å². The first-order valence-corrected chi connectivity index (χ1v) is 8.47. The minimum Gasteiger partial charge on any atom is -0.305 e. The van der Waals surface area contributed by atoms with Gasteiger partial charge in [-0.3, -0.25) is 9.59 Å². The summed E-state index contributed by atoms with van der Waals surface area (Å²) in [4.78, 5) is 27.6. The third-order valence-corrected chi connectivity index (χ3v) is 4.88. The molecule has 0 unspecified atom stereocenters. The maximum atomic E-state index is 13.1. The number of thioether (sulfide) groups is 1. The lowest BCUT2D eigenvalue weighted by atomic mass is 10.0. The van der Waals surface area contributed by atoms with Crippen LogP contribution in [0.2, 0.25) is 0 Å². The Bertz CT molecular complexity index is 755. The van der Waals surface area contributed by atoms with Crippen molar-refractivity contribution in [1.82, 2.24) is 0 Å². The Morgan fingerprint density at radius 2 is 1.96 bits per heavy atom. The van der Waals surface area contributed by atoms with Crippen LogP contribution < -0.4 is 4.90 Å². The molecule has 23 heavy (non-hydrogen) atoms. The normalized spacial score (nSPS) is 13.3. The van der Waals surface area contributed by atoms with Gasteiger partial charge in [0, 0.05) is 34.9 Å². The van der Waals surface area contributed by atoms with Crippen molar-refractivity contribution in [3.8, 4) is 0 Å². The fourth-order valence-corrected chi connectivity index (χ4v) is 3.79. The topological polar surface area (TPSA) is 37.4 Å². The van der Waals surface area contributed by atoms with Crippen molar-refractivity contribution in [2.75, 3.05) is 17.2 Å². The molecule has 0 saturated carbocycles. The number of hydrogen-bond donors (Lipinski definition) is 0. The minimum atomic E-state index is -0.102. The molecular weight excluding hydrogens is 306 g/mol. The molecule has 1 aliphatic rings. The molecule has 1 aliphatic heterocycles. The standard InChI is InChI=1S/C19H17NO2S/c1-2-12-20(14-7-4-3-5-8-14)19(22)16-10-6-9-15-17(21)11-13-23-18(15)16/h2-10H,1,11-13H2. The maximum Gasteiger partial charge on any atom is 0.259 e. The van der Waals surface area contributed by atoms with E-state index in [0.717, 1.165) is 16.3 Å². The lowest BCUT2D eigenvalue weighted by Gasteiger charge is -2.24. The van der Waals surface area contributed by atoms with Gasteiger partial charge in [0.25, 0.3) is 5.91 Å². The van der Waals surface area contributed by atoms with Gasteiger partial charge in [-0.15, -0.1) is 18.3 Å². The van der Waals surface area contributed by atoms with Crippen molar-refractivity contribution >= 4 is 29.1 Å². The van der Waals surface area contributed by atoms with Crippen molar-refractivity contribution in [3.63, 3.8) is 0 Å². The second-order valence-corrected chi connectivity index (χ2v) is 6.35. The molecule has 0 saturated heterocycles. The number of carbonyl (C=O) groups excluding carboxylic acids is 2. The summed E-state index contributed by atoms with van der Waals surface area (Å²) in [6, 6.07) is 14.9. The van der Waals surface area contributed by atoms with Crippen LogP contribution in [0.15, 0.2) is 66.1 Å². The molecule has 4 heteroatoms. The van der Waals surface area contributed by atoms with Gasteiger partial charge in [-0.25, -0.2) is 0 Å². The van der Waals surface area contributed by atoms with Crippen LogP contribution in [0.4, 0.5) is 5.69 Å². The highest BCUT2D eigenvalue weighted by Gasteiger charge is 2.26. The Labute approximate surface area is 140 Å². The highest BCUT2D eigenvalue weighted by atomic mass is 32.2. The predicted octanol–water partition coefficient (Wildman–Crippen LogP) is 4.20. The smallest absolute Gasteiger partial charge is 0.259 e. The van der Waals surface area contributed by atoms with Crippen LogP contribution in [0, 0.1) is 0 Å². The number of para-hydroxylation sites is 1. The van der Waals surface area contributed by atoms with E-state index in [4.69, 9.17) is 0 Å². The molecular formula is C19H17NO2S. The number of carbonyl (C=O) groups is 2.